The molecule has 0 saturated heterocycles. The van der Waals surface area contributed by atoms with Gasteiger partial charge in [0, 0.05) is 6.54 Å². The summed E-state index contributed by atoms with van der Waals surface area (Å²) in [4.78, 5) is 0. The Labute approximate surface area is 105 Å². The molecule has 1 aromatic heterocycles. The predicted octanol–water partition coefficient (Wildman–Crippen LogP) is 2.86. The first-order valence-corrected chi connectivity index (χ1v) is 6.28. The largest absolute Gasteiger partial charge is 0.397 e. The van der Waals surface area contributed by atoms with Crippen LogP contribution in [0.1, 0.15) is 11.1 Å². The number of anilines is 2. The summed E-state index contributed by atoms with van der Waals surface area (Å²) >= 11 is 1.70. The van der Waals surface area contributed by atoms with Gasteiger partial charge in [-0.05, 0) is 47.0 Å². The molecule has 2 aromatic rings. The first kappa shape index (κ1) is 11.5. The molecule has 3 N–H and O–H groups in total. The molecule has 1 heterocycles. The highest BCUT2D eigenvalue weighted by molar-refractivity contribution is 7.07. The Balaban J connectivity index is 1.97. The van der Waals surface area contributed by atoms with Gasteiger partial charge in [-0.3, -0.25) is 0 Å². The number of rotatable bonds is 4. The van der Waals surface area contributed by atoms with Gasteiger partial charge in [0.15, 0.2) is 0 Å². The lowest BCUT2D eigenvalue weighted by atomic mass is 10.2. The van der Waals surface area contributed by atoms with E-state index in [0.29, 0.717) is 11.3 Å². The van der Waals surface area contributed by atoms with Crippen molar-refractivity contribution in [1.82, 2.24) is 0 Å². The quantitative estimate of drug-likeness (QED) is 0.812. The molecule has 0 atom stereocenters. The average Bonchev–Trinajstić information content (AvgIpc) is 2.84. The predicted molar refractivity (Wildman–Crippen MR) is 72.1 cm³/mol. The number of nitrogen functional groups attached to an aromatic ring is 1. The topological polar surface area (TPSA) is 61.8 Å². The third-order valence-corrected chi connectivity index (χ3v) is 3.22. The molecule has 0 bridgehead atoms. The normalized spacial score (nSPS) is 9.82. The minimum atomic E-state index is 0.622. The number of benzene rings is 1. The second-order valence-corrected chi connectivity index (χ2v) is 4.50. The molecule has 2 rings (SSSR count). The molecule has 0 fully saturated rings. The van der Waals surface area contributed by atoms with Crippen molar-refractivity contribution in [2.24, 2.45) is 0 Å². The highest BCUT2D eigenvalue weighted by Gasteiger charge is 2.00. The van der Waals surface area contributed by atoms with Crippen LogP contribution < -0.4 is 11.1 Å². The number of nitriles is 1. The van der Waals surface area contributed by atoms with Gasteiger partial charge in [-0.25, -0.2) is 0 Å². The molecule has 86 valence electrons. The summed E-state index contributed by atoms with van der Waals surface area (Å²) in [5, 5.41) is 16.3. The molecule has 1 aromatic carbocycles. The summed E-state index contributed by atoms with van der Waals surface area (Å²) in [7, 11) is 0. The smallest absolute Gasteiger partial charge is 0.0992 e. The van der Waals surface area contributed by atoms with E-state index >= 15 is 0 Å². The maximum Gasteiger partial charge on any atom is 0.0992 e. The van der Waals surface area contributed by atoms with Crippen molar-refractivity contribution in [2.45, 2.75) is 6.42 Å². The van der Waals surface area contributed by atoms with Gasteiger partial charge >= 0.3 is 0 Å². The van der Waals surface area contributed by atoms with Gasteiger partial charge in [0.25, 0.3) is 0 Å². The van der Waals surface area contributed by atoms with E-state index in [0.717, 1.165) is 18.7 Å². The Morgan fingerprint density at radius 2 is 2.24 bits per heavy atom. The van der Waals surface area contributed by atoms with E-state index < -0.39 is 0 Å². The zero-order valence-corrected chi connectivity index (χ0v) is 10.1. The third kappa shape index (κ3) is 2.99. The van der Waals surface area contributed by atoms with Crippen molar-refractivity contribution in [3.8, 4) is 6.07 Å². The number of hydrogen-bond acceptors (Lipinski definition) is 4. The zero-order valence-electron chi connectivity index (χ0n) is 9.31. The van der Waals surface area contributed by atoms with Crippen molar-refractivity contribution in [2.75, 3.05) is 17.6 Å². The lowest BCUT2D eigenvalue weighted by Crippen LogP contribution is -2.06. The fourth-order valence-electron chi connectivity index (χ4n) is 1.56. The van der Waals surface area contributed by atoms with Gasteiger partial charge in [0.05, 0.1) is 23.0 Å². The van der Waals surface area contributed by atoms with Gasteiger partial charge in [-0.1, -0.05) is 0 Å². The molecule has 0 aliphatic heterocycles. The van der Waals surface area contributed by atoms with Crippen LogP contribution in [-0.2, 0) is 6.42 Å². The Kier molecular flexibility index (Phi) is 3.63. The molecule has 0 unspecified atom stereocenters. The summed E-state index contributed by atoms with van der Waals surface area (Å²) in [6.45, 7) is 0.815. The summed E-state index contributed by atoms with van der Waals surface area (Å²) in [6, 6.07) is 9.47. The van der Waals surface area contributed by atoms with Crippen LogP contribution >= 0.6 is 11.3 Å². The van der Waals surface area contributed by atoms with Gasteiger partial charge < -0.3 is 11.1 Å². The zero-order chi connectivity index (χ0) is 12.1. The van der Waals surface area contributed by atoms with Crippen LogP contribution in [0.15, 0.2) is 35.0 Å². The first-order valence-electron chi connectivity index (χ1n) is 5.34. The van der Waals surface area contributed by atoms with Crippen molar-refractivity contribution >= 4 is 22.7 Å². The Morgan fingerprint density at radius 3 is 2.94 bits per heavy atom. The minimum Gasteiger partial charge on any atom is -0.397 e. The van der Waals surface area contributed by atoms with Crippen molar-refractivity contribution in [1.29, 1.82) is 5.26 Å². The fraction of sp³-hybridized carbons (Fsp3) is 0.154. The molecule has 0 aliphatic carbocycles. The molecule has 4 heteroatoms. The number of nitrogens with two attached hydrogens (primary N) is 1. The average molecular weight is 243 g/mol. The third-order valence-electron chi connectivity index (χ3n) is 2.49. The van der Waals surface area contributed by atoms with E-state index in [9.17, 15) is 0 Å². The fourth-order valence-corrected chi connectivity index (χ4v) is 2.26. The molecule has 3 nitrogen and oxygen atoms in total. The van der Waals surface area contributed by atoms with E-state index in [2.05, 4.69) is 28.2 Å². The van der Waals surface area contributed by atoms with Crippen LogP contribution in [0.4, 0.5) is 11.4 Å². The van der Waals surface area contributed by atoms with Gasteiger partial charge in [0.1, 0.15) is 0 Å². The van der Waals surface area contributed by atoms with Crippen LogP contribution in [0, 0.1) is 11.3 Å². The second kappa shape index (κ2) is 5.37. The highest BCUT2D eigenvalue weighted by Crippen LogP contribution is 2.19. The second-order valence-electron chi connectivity index (χ2n) is 3.72. The maximum absolute atomic E-state index is 8.81. The monoisotopic (exact) mass is 243 g/mol. The number of thiophene rings is 1. The van der Waals surface area contributed by atoms with Crippen LogP contribution in [0.3, 0.4) is 0 Å². The van der Waals surface area contributed by atoms with Crippen LogP contribution in [0.2, 0.25) is 0 Å². The molecule has 0 radical (unpaired) electrons. The van der Waals surface area contributed by atoms with Crippen molar-refractivity contribution < 1.29 is 0 Å². The summed E-state index contributed by atoms with van der Waals surface area (Å²) in [6.07, 6.45) is 0.958. The van der Waals surface area contributed by atoms with Crippen LogP contribution in [-0.4, -0.2) is 6.54 Å². The van der Waals surface area contributed by atoms with E-state index in [1.807, 2.05) is 0 Å². The Hall–Kier alpha value is -1.99. The lowest BCUT2D eigenvalue weighted by molar-refractivity contribution is 1.03. The molecule has 0 saturated carbocycles. The summed E-state index contributed by atoms with van der Waals surface area (Å²) < 4.78 is 0. The number of nitrogens with zero attached hydrogens (tertiary/aromatic N) is 1. The van der Waals surface area contributed by atoms with Gasteiger partial charge in [-0.2, -0.15) is 16.6 Å². The van der Waals surface area contributed by atoms with Gasteiger partial charge in [-0.15, -0.1) is 0 Å². The Bertz CT molecular complexity index is 526. The van der Waals surface area contributed by atoms with E-state index in [1.54, 1.807) is 29.5 Å². The first-order chi connectivity index (χ1) is 8.29. The SMILES string of the molecule is N#Cc1ccc(N)c(NCCc2ccsc2)c1. The molecular formula is C13H13N3S. The van der Waals surface area contributed by atoms with E-state index in [4.69, 9.17) is 11.0 Å². The van der Waals surface area contributed by atoms with Gasteiger partial charge in [0.2, 0.25) is 0 Å². The van der Waals surface area contributed by atoms with Crippen molar-refractivity contribution in [3.05, 3.63) is 46.2 Å². The van der Waals surface area contributed by atoms with E-state index in [1.165, 1.54) is 5.56 Å². The molecule has 17 heavy (non-hydrogen) atoms. The number of nitrogens with one attached hydrogen (secondary N) is 1. The minimum absolute atomic E-state index is 0.622. The van der Waals surface area contributed by atoms with Crippen LogP contribution in [0.25, 0.3) is 0 Å². The Morgan fingerprint density at radius 1 is 1.35 bits per heavy atom. The molecule has 0 spiro atoms. The summed E-state index contributed by atoms with van der Waals surface area (Å²) in [5.74, 6) is 0. The molecule has 0 amide bonds. The standard InChI is InChI=1S/C13H13N3S/c14-8-11-1-2-12(15)13(7-11)16-5-3-10-4-6-17-9-10/h1-2,4,6-7,9,16H,3,5,15H2. The number of hydrogen-bond donors (Lipinski definition) is 2. The van der Waals surface area contributed by atoms with Crippen LogP contribution in [0.5, 0.6) is 0 Å². The molecule has 0 aliphatic rings. The highest BCUT2D eigenvalue weighted by atomic mass is 32.1. The summed E-state index contributed by atoms with van der Waals surface area (Å²) in [5.41, 5.74) is 9.28. The lowest BCUT2D eigenvalue weighted by Gasteiger charge is -2.08. The molecular weight excluding hydrogens is 230 g/mol. The maximum atomic E-state index is 8.81. The van der Waals surface area contributed by atoms with Crippen molar-refractivity contribution in [3.63, 3.8) is 0 Å². The van der Waals surface area contributed by atoms with E-state index in [-0.39, 0.29) is 0 Å².